The van der Waals surface area contributed by atoms with Crippen molar-refractivity contribution in [1.29, 1.82) is 0 Å². The topological polar surface area (TPSA) is 90.4 Å². The molecule has 6 nitrogen and oxygen atoms in total. The Bertz CT molecular complexity index is 2080. The SMILES string of the molecule is Nc1ccc(Oc2ccc(-c3ccc(Cc4nc(-c5ccc(Cl)cc5Cl)cn4-c4ccc(C(F)(F)F)c(C(=O)O)c4)cc3)cc2)cc1. The first-order valence-electron chi connectivity index (χ1n) is 14.2. The summed E-state index contributed by atoms with van der Waals surface area (Å²) in [6, 6.07) is 30.4. The first-order chi connectivity index (χ1) is 22.4. The number of alkyl halides is 3. The Morgan fingerprint density at radius 3 is 2.04 bits per heavy atom. The van der Waals surface area contributed by atoms with Crippen LogP contribution >= 0.6 is 23.2 Å². The van der Waals surface area contributed by atoms with Crippen molar-refractivity contribution in [3.63, 3.8) is 0 Å². The van der Waals surface area contributed by atoms with E-state index in [2.05, 4.69) is 0 Å². The van der Waals surface area contributed by atoms with E-state index in [-0.39, 0.29) is 12.1 Å². The van der Waals surface area contributed by atoms with Crippen molar-refractivity contribution in [3.05, 3.63) is 148 Å². The van der Waals surface area contributed by atoms with Crippen molar-refractivity contribution >= 4 is 34.9 Å². The summed E-state index contributed by atoms with van der Waals surface area (Å²) in [7, 11) is 0. The summed E-state index contributed by atoms with van der Waals surface area (Å²) in [5.74, 6) is 0.112. The molecule has 47 heavy (non-hydrogen) atoms. The van der Waals surface area contributed by atoms with Crippen LogP contribution in [0.2, 0.25) is 10.0 Å². The van der Waals surface area contributed by atoms with Crippen LogP contribution in [0.1, 0.15) is 27.3 Å². The fraction of sp³-hybridized carbons (Fsp3) is 0.0556. The Morgan fingerprint density at radius 2 is 1.45 bits per heavy atom. The largest absolute Gasteiger partial charge is 0.478 e. The molecule has 0 fully saturated rings. The number of benzene rings is 5. The molecule has 0 atom stereocenters. The van der Waals surface area contributed by atoms with Crippen molar-refractivity contribution in [2.24, 2.45) is 0 Å². The van der Waals surface area contributed by atoms with Crippen LogP contribution in [0.15, 0.2) is 115 Å². The van der Waals surface area contributed by atoms with Gasteiger partial charge in [-0.25, -0.2) is 9.78 Å². The number of anilines is 1. The number of aromatic nitrogens is 2. The monoisotopic (exact) mass is 673 g/mol. The van der Waals surface area contributed by atoms with Gasteiger partial charge < -0.3 is 20.1 Å². The van der Waals surface area contributed by atoms with Gasteiger partial charge in [0.25, 0.3) is 0 Å². The van der Waals surface area contributed by atoms with Gasteiger partial charge in [0.15, 0.2) is 0 Å². The van der Waals surface area contributed by atoms with Crippen LogP contribution in [0.3, 0.4) is 0 Å². The van der Waals surface area contributed by atoms with Crippen LogP contribution in [0, 0.1) is 0 Å². The Hall–Kier alpha value is -5.25. The normalized spacial score (nSPS) is 11.4. The van der Waals surface area contributed by atoms with Crippen LogP contribution in [-0.4, -0.2) is 20.6 Å². The number of nitrogen functional groups attached to an aromatic ring is 1. The van der Waals surface area contributed by atoms with Gasteiger partial charge in [-0.15, -0.1) is 0 Å². The van der Waals surface area contributed by atoms with E-state index in [0.717, 1.165) is 28.8 Å². The summed E-state index contributed by atoms with van der Waals surface area (Å²) >= 11 is 12.5. The van der Waals surface area contributed by atoms with Gasteiger partial charge in [-0.3, -0.25) is 0 Å². The molecule has 5 aromatic carbocycles. The van der Waals surface area contributed by atoms with E-state index in [1.165, 1.54) is 6.07 Å². The van der Waals surface area contributed by atoms with Crippen molar-refractivity contribution < 1.29 is 27.8 Å². The second-order valence-corrected chi connectivity index (χ2v) is 11.5. The molecule has 0 bridgehead atoms. The highest BCUT2D eigenvalue weighted by atomic mass is 35.5. The Morgan fingerprint density at radius 1 is 0.830 bits per heavy atom. The molecule has 6 rings (SSSR count). The average molecular weight is 675 g/mol. The summed E-state index contributed by atoms with van der Waals surface area (Å²) in [5, 5.41) is 10.4. The molecule has 0 aliphatic rings. The summed E-state index contributed by atoms with van der Waals surface area (Å²) in [4.78, 5) is 16.6. The van der Waals surface area contributed by atoms with E-state index >= 15 is 0 Å². The predicted octanol–water partition coefficient (Wildman–Crippen LogP) is 10.2. The number of hydrogen-bond acceptors (Lipinski definition) is 4. The molecule has 0 aliphatic heterocycles. The van der Waals surface area contributed by atoms with E-state index < -0.39 is 23.3 Å². The number of nitrogens with two attached hydrogens (primary N) is 1. The summed E-state index contributed by atoms with van der Waals surface area (Å²) in [6.07, 6.45) is -2.94. The van der Waals surface area contributed by atoms with Crippen LogP contribution in [0.5, 0.6) is 11.5 Å². The Kier molecular flexibility index (Phi) is 8.68. The van der Waals surface area contributed by atoms with Crippen LogP contribution in [0.25, 0.3) is 28.1 Å². The number of ether oxygens (including phenoxy) is 1. The summed E-state index contributed by atoms with van der Waals surface area (Å²) in [5.41, 5.74) is 8.27. The van der Waals surface area contributed by atoms with Gasteiger partial charge in [0.05, 0.1) is 21.8 Å². The molecule has 0 amide bonds. The third-order valence-corrected chi connectivity index (χ3v) is 7.97. The van der Waals surface area contributed by atoms with Gasteiger partial charge >= 0.3 is 12.1 Å². The zero-order chi connectivity index (χ0) is 33.3. The van der Waals surface area contributed by atoms with E-state index in [1.807, 2.05) is 48.5 Å². The molecule has 0 saturated heterocycles. The van der Waals surface area contributed by atoms with Crippen molar-refractivity contribution in [2.75, 3.05) is 5.73 Å². The lowest BCUT2D eigenvalue weighted by atomic mass is 10.0. The zero-order valence-electron chi connectivity index (χ0n) is 24.3. The number of carboxylic acids is 1. The molecule has 0 radical (unpaired) electrons. The van der Waals surface area contributed by atoms with Gasteiger partial charge in [-0.1, -0.05) is 59.6 Å². The first kappa shape index (κ1) is 31.7. The molecular formula is C36H24Cl2F3N3O3. The fourth-order valence-electron chi connectivity index (χ4n) is 5.09. The van der Waals surface area contributed by atoms with Crippen LogP contribution in [-0.2, 0) is 12.6 Å². The third kappa shape index (κ3) is 7.11. The number of rotatable bonds is 8. The highest BCUT2D eigenvalue weighted by Crippen LogP contribution is 2.35. The van der Waals surface area contributed by atoms with E-state index in [0.29, 0.717) is 44.3 Å². The number of imidazole rings is 1. The molecule has 236 valence electrons. The molecule has 11 heteroatoms. The van der Waals surface area contributed by atoms with E-state index in [9.17, 15) is 23.1 Å². The minimum atomic E-state index is -4.84. The molecule has 6 aromatic rings. The smallest absolute Gasteiger partial charge is 0.417 e. The van der Waals surface area contributed by atoms with Gasteiger partial charge in [0.1, 0.15) is 17.3 Å². The number of carbonyl (C=O) groups is 1. The summed E-state index contributed by atoms with van der Waals surface area (Å²) in [6.45, 7) is 0. The lowest BCUT2D eigenvalue weighted by molar-refractivity contribution is -0.138. The number of halogens is 5. The highest BCUT2D eigenvalue weighted by molar-refractivity contribution is 6.36. The quantitative estimate of drug-likeness (QED) is 0.157. The lowest BCUT2D eigenvalue weighted by Crippen LogP contribution is -2.14. The maximum absolute atomic E-state index is 13.6. The van der Waals surface area contributed by atoms with Crippen LogP contribution in [0.4, 0.5) is 18.9 Å². The maximum Gasteiger partial charge on any atom is 0.417 e. The standard InChI is InChI=1S/C36H24Cl2F3N3O3/c37-24-7-15-29(32(38)18-24)33-20-44(26-10-16-31(36(39,40)41)30(19-26)35(45)46)34(43-33)17-21-1-3-22(4-2-21)23-5-11-27(12-6-23)47-28-13-8-25(42)9-14-28/h1-16,18-20H,17,42H2,(H,45,46). The molecule has 1 aromatic heterocycles. The number of nitrogens with zero attached hydrogens (tertiary/aromatic N) is 2. The van der Waals surface area contributed by atoms with E-state index in [1.54, 1.807) is 53.2 Å². The van der Waals surface area contributed by atoms with Crippen molar-refractivity contribution in [2.45, 2.75) is 12.6 Å². The second kappa shape index (κ2) is 12.9. The van der Waals surface area contributed by atoms with E-state index in [4.69, 9.17) is 38.7 Å². The number of hydrogen-bond donors (Lipinski definition) is 2. The van der Waals surface area contributed by atoms with Gasteiger partial charge in [0.2, 0.25) is 0 Å². The van der Waals surface area contributed by atoms with Crippen molar-refractivity contribution in [1.82, 2.24) is 9.55 Å². The molecule has 3 N–H and O–H groups in total. The molecule has 0 spiro atoms. The van der Waals surface area contributed by atoms with Gasteiger partial charge in [-0.2, -0.15) is 13.2 Å². The molecule has 0 aliphatic carbocycles. The van der Waals surface area contributed by atoms with Crippen LogP contribution < -0.4 is 10.5 Å². The van der Waals surface area contributed by atoms with Crippen molar-refractivity contribution in [3.8, 4) is 39.6 Å². The predicted molar refractivity (Wildman–Crippen MR) is 177 cm³/mol. The minimum absolute atomic E-state index is 0.201. The molecule has 0 unspecified atom stereocenters. The Labute approximate surface area is 277 Å². The fourth-order valence-corrected chi connectivity index (χ4v) is 5.59. The molecular weight excluding hydrogens is 650 g/mol. The second-order valence-electron chi connectivity index (χ2n) is 10.6. The highest BCUT2D eigenvalue weighted by Gasteiger charge is 2.35. The van der Waals surface area contributed by atoms with Gasteiger partial charge in [-0.05, 0) is 89.5 Å². The maximum atomic E-state index is 13.6. The third-order valence-electron chi connectivity index (χ3n) is 7.42. The number of carboxylic acid groups (broad SMARTS) is 1. The summed E-state index contributed by atoms with van der Waals surface area (Å²) < 4.78 is 48.2. The Balaban J connectivity index is 1.31. The average Bonchev–Trinajstić information content (AvgIpc) is 3.45. The molecule has 0 saturated carbocycles. The van der Waals surface area contributed by atoms with Gasteiger partial charge in [0, 0.05) is 34.6 Å². The minimum Gasteiger partial charge on any atom is -0.478 e. The lowest BCUT2D eigenvalue weighted by Gasteiger charge is -2.14. The zero-order valence-corrected chi connectivity index (χ0v) is 25.8. The first-order valence-corrected chi connectivity index (χ1v) is 14.9. The molecule has 1 heterocycles. The number of aromatic carboxylic acids is 1.